The zero-order chi connectivity index (χ0) is 13.1. The van der Waals surface area contributed by atoms with Gasteiger partial charge in [-0.3, -0.25) is 4.79 Å². The van der Waals surface area contributed by atoms with Crippen molar-refractivity contribution >= 4 is 15.9 Å². The first-order valence-electron chi connectivity index (χ1n) is 5.07. The van der Waals surface area contributed by atoms with Crippen LogP contribution >= 0.6 is 0 Å². The van der Waals surface area contributed by atoms with Gasteiger partial charge in [-0.15, -0.1) is 0 Å². The van der Waals surface area contributed by atoms with Crippen molar-refractivity contribution in [2.24, 2.45) is 0 Å². The number of rotatable bonds is 4. The second-order valence-electron chi connectivity index (χ2n) is 3.71. The van der Waals surface area contributed by atoms with Crippen LogP contribution in [0.2, 0.25) is 0 Å². The van der Waals surface area contributed by atoms with Crippen LogP contribution in [0.15, 0.2) is 30.3 Å². The monoisotopic (exact) mass is 256 g/mol. The van der Waals surface area contributed by atoms with Crippen molar-refractivity contribution < 1.29 is 13.2 Å². The Hall–Kier alpha value is -1.40. The SMILES string of the molecule is CNC(=O)C(c1ccccc1)N(C)S(C)(=O)=O. The molecule has 6 heteroatoms. The van der Waals surface area contributed by atoms with Gasteiger partial charge in [-0.1, -0.05) is 30.3 Å². The first-order chi connectivity index (χ1) is 7.88. The van der Waals surface area contributed by atoms with Gasteiger partial charge >= 0.3 is 0 Å². The van der Waals surface area contributed by atoms with Crippen molar-refractivity contribution in [2.45, 2.75) is 6.04 Å². The van der Waals surface area contributed by atoms with Gasteiger partial charge in [0.25, 0.3) is 0 Å². The minimum Gasteiger partial charge on any atom is -0.357 e. The highest BCUT2D eigenvalue weighted by Gasteiger charge is 2.29. The molecule has 1 N–H and O–H groups in total. The van der Waals surface area contributed by atoms with E-state index in [-0.39, 0.29) is 5.91 Å². The van der Waals surface area contributed by atoms with E-state index in [2.05, 4.69) is 5.32 Å². The Labute approximate surface area is 101 Å². The third-order valence-electron chi connectivity index (χ3n) is 2.50. The summed E-state index contributed by atoms with van der Waals surface area (Å²) in [6.07, 6.45) is 1.08. The molecule has 1 rings (SSSR count). The standard InChI is InChI=1S/C11H16N2O3S/c1-12-11(14)10(13(2)17(3,15)16)9-7-5-4-6-8-9/h4-8,10H,1-3H3,(H,12,14). The summed E-state index contributed by atoms with van der Waals surface area (Å²) in [5, 5.41) is 2.47. The Balaban J connectivity index is 3.19. The number of nitrogens with zero attached hydrogens (tertiary/aromatic N) is 1. The van der Waals surface area contributed by atoms with Crippen LogP contribution in [0.1, 0.15) is 11.6 Å². The maximum atomic E-state index is 11.8. The van der Waals surface area contributed by atoms with Crippen LogP contribution in [-0.2, 0) is 14.8 Å². The molecule has 1 amide bonds. The van der Waals surface area contributed by atoms with Crippen molar-refractivity contribution in [3.63, 3.8) is 0 Å². The highest BCUT2D eigenvalue weighted by Crippen LogP contribution is 2.21. The molecule has 0 aliphatic heterocycles. The number of hydrogen-bond donors (Lipinski definition) is 1. The van der Waals surface area contributed by atoms with Crippen LogP contribution in [0.4, 0.5) is 0 Å². The number of likely N-dealkylation sites (N-methyl/N-ethyl adjacent to an activating group) is 2. The van der Waals surface area contributed by atoms with Gasteiger partial charge in [-0.25, -0.2) is 8.42 Å². The topological polar surface area (TPSA) is 66.5 Å². The molecule has 0 saturated heterocycles. The fourth-order valence-corrected chi connectivity index (χ4v) is 2.09. The second-order valence-corrected chi connectivity index (χ2v) is 5.75. The van der Waals surface area contributed by atoms with Gasteiger partial charge in [-0.05, 0) is 5.56 Å². The second kappa shape index (κ2) is 5.29. The lowest BCUT2D eigenvalue weighted by Crippen LogP contribution is -2.39. The van der Waals surface area contributed by atoms with E-state index < -0.39 is 16.1 Å². The van der Waals surface area contributed by atoms with E-state index in [4.69, 9.17) is 0 Å². The van der Waals surface area contributed by atoms with Crippen molar-refractivity contribution in [1.82, 2.24) is 9.62 Å². The summed E-state index contributed by atoms with van der Waals surface area (Å²) < 4.78 is 24.1. The molecule has 17 heavy (non-hydrogen) atoms. The van der Waals surface area contributed by atoms with Gasteiger partial charge in [0.1, 0.15) is 6.04 Å². The minimum atomic E-state index is -3.43. The molecule has 1 aromatic carbocycles. The molecule has 5 nitrogen and oxygen atoms in total. The van der Waals surface area contributed by atoms with E-state index >= 15 is 0 Å². The van der Waals surface area contributed by atoms with Gasteiger partial charge in [0.15, 0.2) is 0 Å². The largest absolute Gasteiger partial charge is 0.357 e. The average Bonchev–Trinajstić information content (AvgIpc) is 2.29. The number of amides is 1. The molecule has 0 aliphatic carbocycles. The van der Waals surface area contributed by atoms with Crippen molar-refractivity contribution in [2.75, 3.05) is 20.4 Å². The zero-order valence-corrected chi connectivity index (χ0v) is 10.9. The van der Waals surface area contributed by atoms with Crippen LogP contribution in [0.5, 0.6) is 0 Å². The zero-order valence-electron chi connectivity index (χ0n) is 10.0. The van der Waals surface area contributed by atoms with Gasteiger partial charge in [-0.2, -0.15) is 4.31 Å². The highest BCUT2D eigenvalue weighted by atomic mass is 32.2. The Morgan fingerprint density at radius 2 is 1.82 bits per heavy atom. The van der Waals surface area contributed by atoms with Gasteiger partial charge in [0.05, 0.1) is 6.26 Å². The summed E-state index contributed by atoms with van der Waals surface area (Å²) in [5.74, 6) is -0.357. The van der Waals surface area contributed by atoms with E-state index in [1.807, 2.05) is 6.07 Å². The molecule has 0 spiro atoms. The summed E-state index contributed by atoms with van der Waals surface area (Å²) in [6, 6.07) is 7.95. The highest BCUT2D eigenvalue weighted by molar-refractivity contribution is 7.88. The molecule has 0 bridgehead atoms. The van der Waals surface area contributed by atoms with Crippen LogP contribution in [0.3, 0.4) is 0 Å². The molecule has 1 unspecified atom stereocenters. The van der Waals surface area contributed by atoms with Gasteiger partial charge < -0.3 is 5.32 Å². The van der Waals surface area contributed by atoms with Gasteiger partial charge in [0.2, 0.25) is 15.9 Å². The Kier molecular flexibility index (Phi) is 4.25. The summed E-state index contributed by atoms with van der Waals surface area (Å²) >= 11 is 0. The molecule has 0 heterocycles. The van der Waals surface area contributed by atoms with Crippen LogP contribution in [-0.4, -0.2) is 39.0 Å². The molecule has 1 atom stereocenters. The van der Waals surface area contributed by atoms with Gasteiger partial charge in [0, 0.05) is 14.1 Å². The first kappa shape index (κ1) is 13.7. The van der Waals surface area contributed by atoms with Crippen molar-refractivity contribution in [1.29, 1.82) is 0 Å². The maximum absolute atomic E-state index is 11.8. The Morgan fingerprint density at radius 1 is 1.29 bits per heavy atom. The lowest BCUT2D eigenvalue weighted by Gasteiger charge is -2.24. The van der Waals surface area contributed by atoms with E-state index in [9.17, 15) is 13.2 Å². The van der Waals surface area contributed by atoms with Crippen molar-refractivity contribution in [3.8, 4) is 0 Å². The molecule has 0 aromatic heterocycles. The third-order valence-corrected chi connectivity index (χ3v) is 3.75. The summed E-state index contributed by atoms with van der Waals surface area (Å²) in [7, 11) is -0.561. The minimum absolute atomic E-state index is 0.357. The molecule has 0 fully saturated rings. The fourth-order valence-electron chi connectivity index (χ4n) is 1.49. The van der Waals surface area contributed by atoms with Crippen LogP contribution in [0.25, 0.3) is 0 Å². The molecule has 0 saturated carbocycles. The quantitative estimate of drug-likeness (QED) is 0.846. The lowest BCUT2D eigenvalue weighted by atomic mass is 10.1. The summed E-state index contributed by atoms with van der Waals surface area (Å²) in [4.78, 5) is 11.8. The van der Waals surface area contributed by atoms with E-state index in [0.717, 1.165) is 10.6 Å². The number of carbonyl (C=O) groups is 1. The first-order valence-corrected chi connectivity index (χ1v) is 6.92. The van der Waals surface area contributed by atoms with Crippen LogP contribution in [0, 0.1) is 0 Å². The predicted octanol–water partition coefficient (Wildman–Crippen LogP) is 0.365. The van der Waals surface area contributed by atoms with E-state index in [1.54, 1.807) is 24.3 Å². The summed E-state index contributed by atoms with van der Waals surface area (Å²) in [5.41, 5.74) is 0.639. The maximum Gasteiger partial charge on any atom is 0.242 e. The van der Waals surface area contributed by atoms with E-state index in [0.29, 0.717) is 5.56 Å². The number of benzene rings is 1. The Morgan fingerprint density at radius 3 is 2.24 bits per heavy atom. The molecule has 1 aromatic rings. The number of hydrogen-bond acceptors (Lipinski definition) is 3. The van der Waals surface area contributed by atoms with Crippen molar-refractivity contribution in [3.05, 3.63) is 35.9 Å². The fraction of sp³-hybridized carbons (Fsp3) is 0.364. The summed E-state index contributed by atoms with van der Waals surface area (Å²) in [6.45, 7) is 0. The van der Waals surface area contributed by atoms with Crippen LogP contribution < -0.4 is 5.32 Å². The Bertz CT molecular complexity index is 485. The lowest BCUT2D eigenvalue weighted by molar-refractivity contribution is -0.124. The molecular weight excluding hydrogens is 240 g/mol. The molecule has 0 aliphatic rings. The van der Waals surface area contributed by atoms with E-state index in [1.165, 1.54) is 14.1 Å². The number of carbonyl (C=O) groups excluding carboxylic acids is 1. The normalized spacial score (nSPS) is 13.4. The average molecular weight is 256 g/mol. The molecule has 94 valence electrons. The smallest absolute Gasteiger partial charge is 0.242 e. The molecular formula is C11H16N2O3S. The third kappa shape index (κ3) is 3.28. The number of sulfonamides is 1. The number of nitrogens with one attached hydrogen (secondary N) is 1. The predicted molar refractivity (Wildman–Crippen MR) is 65.9 cm³/mol. The molecule has 0 radical (unpaired) electrons.